The molecular formula is C16H23F3N6. The molecule has 1 unspecified atom stereocenters. The number of H-pyrrole nitrogens is 1. The van der Waals surface area contributed by atoms with Gasteiger partial charge < -0.3 is 9.55 Å². The van der Waals surface area contributed by atoms with Gasteiger partial charge in [-0.25, -0.2) is 4.98 Å². The van der Waals surface area contributed by atoms with E-state index in [1.165, 1.54) is 0 Å². The molecule has 2 aromatic rings. The van der Waals surface area contributed by atoms with Crippen molar-refractivity contribution in [2.75, 3.05) is 13.1 Å². The van der Waals surface area contributed by atoms with Crippen molar-refractivity contribution in [1.82, 2.24) is 29.6 Å². The predicted octanol–water partition coefficient (Wildman–Crippen LogP) is 3.12. The van der Waals surface area contributed by atoms with Crippen molar-refractivity contribution in [3.05, 3.63) is 29.4 Å². The first-order chi connectivity index (χ1) is 11.9. The number of hydrogen-bond donors (Lipinski definition) is 1. The highest BCUT2D eigenvalue weighted by atomic mass is 19.4. The van der Waals surface area contributed by atoms with Gasteiger partial charge in [-0.1, -0.05) is 6.92 Å². The Morgan fingerprint density at radius 2 is 2.12 bits per heavy atom. The maximum absolute atomic E-state index is 12.8. The number of alkyl halides is 3. The third-order valence-electron chi connectivity index (χ3n) is 4.62. The average Bonchev–Trinajstić information content (AvgIpc) is 3.18. The minimum atomic E-state index is -4.38. The minimum Gasteiger partial charge on any atom is -0.338 e. The third kappa shape index (κ3) is 4.02. The smallest absolute Gasteiger partial charge is 0.338 e. The van der Waals surface area contributed by atoms with E-state index in [9.17, 15) is 13.2 Å². The monoisotopic (exact) mass is 356 g/mol. The Bertz CT molecular complexity index is 705. The zero-order chi connectivity index (χ0) is 18.0. The fraction of sp³-hybridized carbons (Fsp3) is 0.688. The molecule has 1 atom stereocenters. The lowest BCUT2D eigenvalue weighted by Crippen LogP contribution is -2.35. The lowest BCUT2D eigenvalue weighted by Gasteiger charge is -2.31. The summed E-state index contributed by atoms with van der Waals surface area (Å²) in [6, 6.07) is 0. The third-order valence-corrected chi connectivity index (χ3v) is 4.62. The van der Waals surface area contributed by atoms with Crippen LogP contribution in [0.1, 0.15) is 55.3 Å². The molecule has 0 amide bonds. The second-order valence-corrected chi connectivity index (χ2v) is 6.57. The number of rotatable bonds is 5. The Morgan fingerprint density at radius 1 is 1.32 bits per heavy atom. The van der Waals surface area contributed by atoms with E-state index in [0.717, 1.165) is 50.2 Å². The first-order valence-corrected chi connectivity index (χ1v) is 8.61. The van der Waals surface area contributed by atoms with Gasteiger partial charge in [0.15, 0.2) is 0 Å². The molecule has 3 rings (SSSR count). The highest BCUT2D eigenvalue weighted by Gasteiger charge is 2.34. The van der Waals surface area contributed by atoms with Crippen molar-refractivity contribution in [2.24, 2.45) is 0 Å². The summed E-state index contributed by atoms with van der Waals surface area (Å²) in [7, 11) is 0. The van der Waals surface area contributed by atoms with Gasteiger partial charge in [0, 0.05) is 19.0 Å². The molecular weight excluding hydrogens is 333 g/mol. The van der Waals surface area contributed by atoms with Gasteiger partial charge >= 0.3 is 6.18 Å². The molecule has 0 spiro atoms. The first kappa shape index (κ1) is 17.9. The summed E-state index contributed by atoms with van der Waals surface area (Å²) in [5.74, 6) is 2.21. The van der Waals surface area contributed by atoms with Gasteiger partial charge in [0.05, 0.1) is 12.7 Å². The molecule has 3 heterocycles. The number of nitrogens with zero attached hydrogens (tertiary/aromatic N) is 5. The number of hydrogen-bond acceptors (Lipinski definition) is 4. The van der Waals surface area contributed by atoms with Gasteiger partial charge in [-0.05, 0) is 32.7 Å². The summed E-state index contributed by atoms with van der Waals surface area (Å²) < 4.78 is 40.4. The summed E-state index contributed by atoms with van der Waals surface area (Å²) in [5.41, 5.74) is -0.780. The number of imidazole rings is 1. The van der Waals surface area contributed by atoms with Crippen LogP contribution >= 0.6 is 0 Å². The topological polar surface area (TPSA) is 62.6 Å². The number of halogens is 3. The van der Waals surface area contributed by atoms with Crippen LogP contribution in [0.3, 0.4) is 0 Å². The lowest BCUT2D eigenvalue weighted by atomic mass is 9.97. The molecule has 1 saturated heterocycles. The zero-order valence-corrected chi connectivity index (χ0v) is 14.5. The fourth-order valence-electron chi connectivity index (χ4n) is 3.37. The molecule has 2 aromatic heterocycles. The van der Waals surface area contributed by atoms with Crippen LogP contribution in [0.2, 0.25) is 0 Å². The summed E-state index contributed by atoms with van der Waals surface area (Å²) in [6.45, 7) is 7.15. The van der Waals surface area contributed by atoms with Crippen molar-refractivity contribution in [2.45, 2.75) is 58.3 Å². The Labute approximate surface area is 144 Å². The maximum Gasteiger partial charge on any atom is 0.432 e. The molecule has 1 aliphatic rings. The summed E-state index contributed by atoms with van der Waals surface area (Å²) in [5, 5.41) is 8.41. The van der Waals surface area contributed by atoms with Gasteiger partial charge in [0.25, 0.3) is 0 Å². The lowest BCUT2D eigenvalue weighted by molar-refractivity contribution is -0.141. The first-order valence-electron chi connectivity index (χ1n) is 8.61. The van der Waals surface area contributed by atoms with E-state index in [0.29, 0.717) is 18.9 Å². The summed E-state index contributed by atoms with van der Waals surface area (Å²) in [6.07, 6.45) is -0.736. The molecule has 0 saturated carbocycles. The molecule has 6 nitrogen and oxygen atoms in total. The molecule has 1 aliphatic heterocycles. The van der Waals surface area contributed by atoms with Gasteiger partial charge in [0.1, 0.15) is 23.2 Å². The summed E-state index contributed by atoms with van der Waals surface area (Å²) in [4.78, 5) is 8.63. The van der Waals surface area contributed by atoms with Crippen molar-refractivity contribution in [3.63, 3.8) is 0 Å². The van der Waals surface area contributed by atoms with Gasteiger partial charge in [0.2, 0.25) is 0 Å². The van der Waals surface area contributed by atoms with E-state index < -0.39 is 11.9 Å². The van der Waals surface area contributed by atoms with E-state index in [1.54, 1.807) is 0 Å². The molecule has 0 bridgehead atoms. The van der Waals surface area contributed by atoms with Crippen LogP contribution in [0, 0.1) is 6.92 Å². The van der Waals surface area contributed by atoms with E-state index in [2.05, 4.69) is 36.6 Å². The molecule has 1 fully saturated rings. The Hall–Kier alpha value is -1.90. The zero-order valence-electron chi connectivity index (χ0n) is 14.5. The van der Waals surface area contributed by atoms with Crippen molar-refractivity contribution in [1.29, 1.82) is 0 Å². The number of aromatic amines is 1. The largest absolute Gasteiger partial charge is 0.432 e. The van der Waals surface area contributed by atoms with Crippen LogP contribution in [0.15, 0.2) is 6.20 Å². The molecule has 138 valence electrons. The SMILES string of the molecule is CCCn1c(C)nnc1CN1CCCC(c2ncc(C(F)(F)F)[nH]2)C1. The quantitative estimate of drug-likeness (QED) is 0.894. The second kappa shape index (κ2) is 7.15. The van der Waals surface area contributed by atoms with Crippen LogP contribution in [0.4, 0.5) is 13.2 Å². The van der Waals surface area contributed by atoms with Crippen LogP contribution in [-0.2, 0) is 19.3 Å². The van der Waals surface area contributed by atoms with E-state index in [4.69, 9.17) is 0 Å². The van der Waals surface area contributed by atoms with E-state index >= 15 is 0 Å². The van der Waals surface area contributed by atoms with Crippen LogP contribution in [0.5, 0.6) is 0 Å². The number of piperidine rings is 1. The van der Waals surface area contributed by atoms with Crippen molar-refractivity contribution >= 4 is 0 Å². The van der Waals surface area contributed by atoms with Crippen molar-refractivity contribution in [3.8, 4) is 0 Å². The number of aromatic nitrogens is 5. The average molecular weight is 356 g/mol. The maximum atomic E-state index is 12.8. The number of aryl methyl sites for hydroxylation is 1. The number of nitrogens with one attached hydrogen (secondary N) is 1. The standard InChI is InChI=1S/C16H23F3N6/c1-3-6-25-11(2)22-23-14(25)10-24-7-4-5-12(9-24)15-20-8-13(21-15)16(17,18)19/h8,12H,3-7,9-10H2,1-2H3,(H,20,21). The Morgan fingerprint density at radius 3 is 2.80 bits per heavy atom. The summed E-state index contributed by atoms with van der Waals surface area (Å²) >= 11 is 0. The van der Waals surface area contributed by atoms with E-state index in [1.807, 2.05) is 6.92 Å². The highest BCUT2D eigenvalue weighted by molar-refractivity contribution is 5.10. The molecule has 0 aromatic carbocycles. The Balaban J connectivity index is 1.68. The molecule has 0 radical (unpaired) electrons. The Kier molecular flexibility index (Phi) is 5.12. The van der Waals surface area contributed by atoms with Crippen LogP contribution in [-0.4, -0.2) is 42.7 Å². The normalized spacial score (nSPS) is 19.5. The van der Waals surface area contributed by atoms with Gasteiger partial charge in [-0.15, -0.1) is 10.2 Å². The predicted molar refractivity (Wildman–Crippen MR) is 85.9 cm³/mol. The molecule has 1 N–H and O–H groups in total. The van der Waals surface area contributed by atoms with E-state index in [-0.39, 0.29) is 5.92 Å². The van der Waals surface area contributed by atoms with Gasteiger partial charge in [-0.2, -0.15) is 13.2 Å². The number of likely N-dealkylation sites (tertiary alicyclic amines) is 1. The fourth-order valence-corrected chi connectivity index (χ4v) is 3.37. The molecule has 0 aliphatic carbocycles. The van der Waals surface area contributed by atoms with Gasteiger partial charge in [-0.3, -0.25) is 4.90 Å². The highest BCUT2D eigenvalue weighted by Crippen LogP contribution is 2.31. The second-order valence-electron chi connectivity index (χ2n) is 6.57. The minimum absolute atomic E-state index is 0.0199. The molecule has 25 heavy (non-hydrogen) atoms. The van der Waals surface area contributed by atoms with Crippen molar-refractivity contribution < 1.29 is 13.2 Å². The molecule has 9 heteroatoms. The van der Waals surface area contributed by atoms with Crippen LogP contribution < -0.4 is 0 Å². The van der Waals surface area contributed by atoms with Crippen LogP contribution in [0.25, 0.3) is 0 Å².